The number of nitrogens with one attached hydrogen (secondary N) is 2. The summed E-state index contributed by atoms with van der Waals surface area (Å²) in [6, 6.07) is 14.8. The summed E-state index contributed by atoms with van der Waals surface area (Å²) in [6.07, 6.45) is 0. The number of methoxy groups -OCH3 is 2. The second-order valence-corrected chi connectivity index (χ2v) is 10.5. The van der Waals surface area contributed by atoms with E-state index in [0.717, 1.165) is 5.56 Å². The van der Waals surface area contributed by atoms with E-state index in [9.17, 15) is 14.4 Å². The highest BCUT2D eigenvalue weighted by molar-refractivity contribution is 7.12. The van der Waals surface area contributed by atoms with E-state index in [1.165, 1.54) is 30.5 Å². The van der Waals surface area contributed by atoms with E-state index in [1.807, 2.05) is 45.9 Å². The molecule has 1 atom stereocenters. The van der Waals surface area contributed by atoms with E-state index < -0.39 is 17.5 Å². The highest BCUT2D eigenvalue weighted by atomic mass is 32.1. The molecule has 0 fully saturated rings. The molecule has 2 aromatic carbocycles. The van der Waals surface area contributed by atoms with Gasteiger partial charge in [0.15, 0.2) is 11.5 Å². The number of amides is 3. The number of hydrogen-bond donors (Lipinski definition) is 2. The Morgan fingerprint density at radius 1 is 0.973 bits per heavy atom. The molecule has 3 amide bonds. The van der Waals surface area contributed by atoms with Gasteiger partial charge in [-0.05, 0) is 74.5 Å². The van der Waals surface area contributed by atoms with Gasteiger partial charge in [-0.2, -0.15) is 0 Å². The number of thiophene rings is 1. The van der Waals surface area contributed by atoms with Crippen molar-refractivity contribution in [2.24, 2.45) is 0 Å². The van der Waals surface area contributed by atoms with E-state index >= 15 is 0 Å². The third kappa shape index (κ3) is 7.10. The smallest absolute Gasteiger partial charge is 0.261 e. The molecule has 0 saturated heterocycles. The van der Waals surface area contributed by atoms with Crippen LogP contribution < -0.4 is 25.0 Å². The maximum absolute atomic E-state index is 13.8. The first-order valence-electron chi connectivity index (χ1n) is 11.8. The Bertz CT molecular complexity index is 1250. The minimum absolute atomic E-state index is 0.294. The largest absolute Gasteiger partial charge is 0.493 e. The van der Waals surface area contributed by atoms with Crippen LogP contribution in [0.2, 0.25) is 0 Å². The summed E-state index contributed by atoms with van der Waals surface area (Å²) < 4.78 is 10.8. The molecule has 0 spiro atoms. The summed E-state index contributed by atoms with van der Waals surface area (Å²) in [5.74, 6) is -0.248. The van der Waals surface area contributed by atoms with Gasteiger partial charge < -0.3 is 20.1 Å². The Kier molecular flexibility index (Phi) is 8.94. The van der Waals surface area contributed by atoms with Crippen LogP contribution in [0, 0.1) is 6.92 Å². The quantitative estimate of drug-likeness (QED) is 0.431. The molecule has 1 aromatic heterocycles. The Hall–Kier alpha value is -3.85. The fraction of sp³-hybridized carbons (Fsp3) is 0.321. The van der Waals surface area contributed by atoms with Crippen molar-refractivity contribution >= 4 is 34.7 Å². The Labute approximate surface area is 221 Å². The van der Waals surface area contributed by atoms with Crippen molar-refractivity contribution < 1.29 is 23.9 Å². The van der Waals surface area contributed by atoms with Gasteiger partial charge in [0.2, 0.25) is 11.8 Å². The normalized spacial score (nSPS) is 11.8. The molecule has 3 aromatic rings. The summed E-state index contributed by atoms with van der Waals surface area (Å²) in [6.45, 7) is 7.23. The average Bonchev–Trinajstić information content (AvgIpc) is 3.39. The van der Waals surface area contributed by atoms with Gasteiger partial charge in [-0.15, -0.1) is 11.3 Å². The zero-order valence-corrected chi connectivity index (χ0v) is 22.8. The zero-order valence-electron chi connectivity index (χ0n) is 22.0. The number of ether oxygens (including phenoxy) is 2. The van der Waals surface area contributed by atoms with Crippen molar-refractivity contribution in [3.8, 4) is 11.5 Å². The summed E-state index contributed by atoms with van der Waals surface area (Å²) >= 11 is 1.28. The van der Waals surface area contributed by atoms with Gasteiger partial charge in [0, 0.05) is 11.2 Å². The highest BCUT2D eigenvalue weighted by Gasteiger charge is 2.35. The second-order valence-electron chi connectivity index (χ2n) is 9.52. The molecule has 196 valence electrons. The number of aryl methyl sites for hydroxylation is 1. The molecule has 0 aliphatic rings. The number of rotatable bonds is 9. The summed E-state index contributed by atoms with van der Waals surface area (Å²) in [7, 11) is 3.04. The van der Waals surface area contributed by atoms with Gasteiger partial charge in [-0.3, -0.25) is 19.3 Å². The average molecular weight is 524 g/mol. The van der Waals surface area contributed by atoms with Gasteiger partial charge in [-0.25, -0.2) is 0 Å². The van der Waals surface area contributed by atoms with Crippen LogP contribution >= 0.6 is 11.3 Å². The number of nitrogens with zero attached hydrogens (tertiary/aromatic N) is 1. The molecule has 2 N–H and O–H groups in total. The van der Waals surface area contributed by atoms with Crippen LogP contribution in [0.3, 0.4) is 0 Å². The van der Waals surface area contributed by atoms with Crippen LogP contribution in [-0.2, 0) is 9.59 Å². The molecule has 37 heavy (non-hydrogen) atoms. The summed E-state index contributed by atoms with van der Waals surface area (Å²) in [4.78, 5) is 42.0. The Balaban J connectivity index is 2.09. The lowest BCUT2D eigenvalue weighted by Crippen LogP contribution is -2.51. The maximum atomic E-state index is 13.8. The fourth-order valence-electron chi connectivity index (χ4n) is 3.83. The predicted octanol–water partition coefficient (Wildman–Crippen LogP) is 4.49. The lowest BCUT2D eigenvalue weighted by molar-refractivity contribution is -0.127. The minimum atomic E-state index is -1.05. The first-order chi connectivity index (χ1) is 17.5. The predicted molar refractivity (Wildman–Crippen MR) is 145 cm³/mol. The molecule has 0 aliphatic heterocycles. The van der Waals surface area contributed by atoms with Gasteiger partial charge in [0.1, 0.15) is 6.04 Å². The van der Waals surface area contributed by atoms with Crippen LogP contribution in [0.25, 0.3) is 0 Å². The van der Waals surface area contributed by atoms with E-state index in [4.69, 9.17) is 9.47 Å². The van der Waals surface area contributed by atoms with Crippen LogP contribution in [0.4, 0.5) is 5.69 Å². The van der Waals surface area contributed by atoms with Crippen molar-refractivity contribution in [3.63, 3.8) is 0 Å². The number of carbonyl (C=O) groups excluding carboxylic acids is 3. The highest BCUT2D eigenvalue weighted by Crippen LogP contribution is 2.35. The standard InChI is InChI=1S/C28H33N3O5S/c1-18-9-7-10-20(15-18)31(24(32)17-29-26(33)23-11-8-14-37-23)25(27(34)30-28(2,3)4)19-12-13-21(35-5)22(16-19)36-6/h7-16,25H,17H2,1-6H3,(H,29,33)(H,30,34)/t25-/m0/s1. The van der Waals surface area contributed by atoms with E-state index in [2.05, 4.69) is 10.6 Å². The van der Waals surface area contributed by atoms with Gasteiger partial charge in [-0.1, -0.05) is 24.3 Å². The number of benzene rings is 2. The topological polar surface area (TPSA) is 97.0 Å². The van der Waals surface area contributed by atoms with Gasteiger partial charge in [0.05, 0.1) is 25.6 Å². The third-order valence-corrected chi connectivity index (χ3v) is 6.29. The number of anilines is 1. The van der Waals surface area contributed by atoms with Crippen LogP contribution in [0.5, 0.6) is 11.5 Å². The van der Waals surface area contributed by atoms with Crippen molar-refractivity contribution in [1.82, 2.24) is 10.6 Å². The first-order valence-corrected chi connectivity index (χ1v) is 12.7. The van der Waals surface area contributed by atoms with Gasteiger partial charge in [0.25, 0.3) is 5.91 Å². The van der Waals surface area contributed by atoms with Crippen molar-refractivity contribution in [3.05, 3.63) is 76.0 Å². The van der Waals surface area contributed by atoms with Gasteiger partial charge >= 0.3 is 0 Å². The molecule has 0 radical (unpaired) electrons. The lowest BCUT2D eigenvalue weighted by atomic mass is 9.99. The Morgan fingerprint density at radius 2 is 1.70 bits per heavy atom. The van der Waals surface area contributed by atoms with Crippen LogP contribution in [0.15, 0.2) is 60.0 Å². The summed E-state index contributed by atoms with van der Waals surface area (Å²) in [5, 5.41) is 7.48. The lowest BCUT2D eigenvalue weighted by Gasteiger charge is -2.34. The van der Waals surface area contributed by atoms with Crippen molar-refractivity contribution in [1.29, 1.82) is 0 Å². The molecule has 9 heteroatoms. The second kappa shape index (κ2) is 11.9. The van der Waals surface area contributed by atoms with Crippen LogP contribution in [-0.4, -0.2) is 44.0 Å². The SMILES string of the molecule is COc1ccc([C@@H](C(=O)NC(C)(C)C)N(C(=O)CNC(=O)c2cccs2)c2cccc(C)c2)cc1OC. The first kappa shape index (κ1) is 27.7. The van der Waals surface area contributed by atoms with E-state index in [0.29, 0.717) is 27.6 Å². The number of hydrogen-bond acceptors (Lipinski definition) is 6. The fourth-order valence-corrected chi connectivity index (χ4v) is 4.47. The summed E-state index contributed by atoms with van der Waals surface area (Å²) in [5.41, 5.74) is 1.42. The molecular weight excluding hydrogens is 490 g/mol. The Morgan fingerprint density at radius 3 is 2.30 bits per heavy atom. The molecular formula is C28H33N3O5S. The molecule has 0 saturated carbocycles. The van der Waals surface area contributed by atoms with E-state index in [-0.39, 0.29) is 18.4 Å². The third-order valence-electron chi connectivity index (χ3n) is 5.42. The monoisotopic (exact) mass is 523 g/mol. The van der Waals surface area contributed by atoms with Crippen molar-refractivity contribution in [2.45, 2.75) is 39.3 Å². The molecule has 0 bridgehead atoms. The van der Waals surface area contributed by atoms with Crippen molar-refractivity contribution in [2.75, 3.05) is 25.7 Å². The minimum Gasteiger partial charge on any atom is -0.493 e. The van der Waals surface area contributed by atoms with Crippen LogP contribution in [0.1, 0.15) is 47.6 Å². The molecule has 0 aliphatic carbocycles. The maximum Gasteiger partial charge on any atom is 0.261 e. The molecule has 1 heterocycles. The molecule has 0 unspecified atom stereocenters. The molecule has 3 rings (SSSR count). The van der Waals surface area contributed by atoms with E-state index in [1.54, 1.807) is 41.8 Å². The number of carbonyl (C=O) groups is 3. The molecule has 8 nitrogen and oxygen atoms in total. The zero-order chi connectivity index (χ0) is 27.2.